The lowest BCUT2D eigenvalue weighted by Gasteiger charge is -2.13. The van der Waals surface area contributed by atoms with Crippen LogP contribution in [-0.4, -0.2) is 28.1 Å². The molecule has 96 valence electrons. The van der Waals surface area contributed by atoms with Crippen molar-refractivity contribution in [1.29, 1.82) is 0 Å². The van der Waals surface area contributed by atoms with Crippen LogP contribution < -0.4 is 10.0 Å². The zero-order valence-electron chi connectivity index (χ0n) is 9.50. The van der Waals surface area contributed by atoms with E-state index in [1.807, 2.05) is 6.92 Å². The van der Waals surface area contributed by atoms with Crippen molar-refractivity contribution in [2.75, 3.05) is 13.6 Å². The second-order valence-corrected chi connectivity index (χ2v) is 6.64. The van der Waals surface area contributed by atoms with Gasteiger partial charge in [0.15, 0.2) is 0 Å². The predicted molar refractivity (Wildman–Crippen MR) is 72.9 cm³/mol. The molecule has 4 nitrogen and oxygen atoms in total. The second-order valence-electron chi connectivity index (χ2n) is 3.62. The molecule has 0 saturated carbocycles. The van der Waals surface area contributed by atoms with Crippen molar-refractivity contribution in [1.82, 2.24) is 10.0 Å². The van der Waals surface area contributed by atoms with E-state index in [0.29, 0.717) is 16.0 Å². The van der Waals surface area contributed by atoms with Crippen LogP contribution in [0.25, 0.3) is 0 Å². The van der Waals surface area contributed by atoms with E-state index in [1.165, 1.54) is 6.07 Å². The zero-order valence-corrected chi connectivity index (χ0v) is 12.7. The highest BCUT2D eigenvalue weighted by Gasteiger charge is 2.18. The van der Waals surface area contributed by atoms with Crippen LogP contribution in [0, 0.1) is 0 Å². The third-order valence-electron chi connectivity index (χ3n) is 2.26. The fourth-order valence-electron chi connectivity index (χ4n) is 1.10. The highest BCUT2D eigenvalue weighted by Crippen LogP contribution is 2.25. The second kappa shape index (κ2) is 6.15. The van der Waals surface area contributed by atoms with Crippen LogP contribution >= 0.6 is 27.5 Å². The smallest absolute Gasteiger partial charge is 0.241 e. The molecular weight excluding hydrogens is 328 g/mol. The van der Waals surface area contributed by atoms with Gasteiger partial charge in [0.2, 0.25) is 10.0 Å². The van der Waals surface area contributed by atoms with Gasteiger partial charge in [0, 0.05) is 22.1 Å². The van der Waals surface area contributed by atoms with Gasteiger partial charge in [-0.2, -0.15) is 0 Å². The van der Waals surface area contributed by atoms with E-state index in [0.717, 1.165) is 0 Å². The van der Waals surface area contributed by atoms with E-state index in [9.17, 15) is 8.42 Å². The minimum atomic E-state index is -3.54. The molecule has 0 amide bonds. The van der Waals surface area contributed by atoms with Gasteiger partial charge in [-0.3, -0.25) is 0 Å². The average molecular weight is 342 g/mol. The molecule has 1 unspecified atom stereocenters. The van der Waals surface area contributed by atoms with E-state index in [1.54, 1.807) is 19.2 Å². The van der Waals surface area contributed by atoms with Crippen LogP contribution in [-0.2, 0) is 10.0 Å². The molecule has 0 radical (unpaired) electrons. The molecule has 1 aromatic carbocycles. The molecule has 0 saturated heterocycles. The molecule has 7 heteroatoms. The van der Waals surface area contributed by atoms with Crippen LogP contribution in [0.5, 0.6) is 0 Å². The molecule has 1 aromatic rings. The molecule has 0 spiro atoms. The van der Waals surface area contributed by atoms with Crippen molar-refractivity contribution >= 4 is 37.6 Å². The molecule has 0 aliphatic rings. The summed E-state index contributed by atoms with van der Waals surface area (Å²) >= 11 is 8.98. The Hall–Kier alpha value is -0.140. The standard InChI is InChI=1S/C10H14BrClN2O2S/c1-7(13-2)6-14-17(15,16)10-5-8(12)3-4-9(10)11/h3-5,7,13-14H,6H2,1-2H3. The number of sulfonamides is 1. The van der Waals surface area contributed by atoms with E-state index in [4.69, 9.17) is 11.6 Å². The Morgan fingerprint density at radius 2 is 2.12 bits per heavy atom. The molecule has 2 N–H and O–H groups in total. The van der Waals surface area contributed by atoms with Crippen molar-refractivity contribution in [3.63, 3.8) is 0 Å². The lowest BCUT2D eigenvalue weighted by atomic mass is 10.4. The Labute approximate surface area is 115 Å². The Kier molecular flexibility index (Phi) is 5.40. The van der Waals surface area contributed by atoms with Crippen molar-refractivity contribution < 1.29 is 8.42 Å². The number of nitrogens with one attached hydrogen (secondary N) is 2. The first kappa shape index (κ1) is 14.9. The maximum Gasteiger partial charge on any atom is 0.241 e. The predicted octanol–water partition coefficient (Wildman–Crippen LogP) is 1.99. The minimum Gasteiger partial charge on any atom is -0.316 e. The van der Waals surface area contributed by atoms with Crippen LogP contribution in [0.15, 0.2) is 27.6 Å². The quantitative estimate of drug-likeness (QED) is 0.861. The SMILES string of the molecule is CNC(C)CNS(=O)(=O)c1cc(Cl)ccc1Br. The topological polar surface area (TPSA) is 58.2 Å². The number of hydrogen-bond acceptors (Lipinski definition) is 3. The van der Waals surface area contributed by atoms with Crippen molar-refractivity contribution in [3.8, 4) is 0 Å². The molecule has 0 aromatic heterocycles. The summed E-state index contributed by atoms with van der Waals surface area (Å²) in [5, 5.41) is 3.33. The third kappa shape index (κ3) is 4.22. The summed E-state index contributed by atoms with van der Waals surface area (Å²) < 4.78 is 27.0. The Balaban J connectivity index is 2.93. The first-order chi connectivity index (χ1) is 7.86. The number of rotatable bonds is 5. The van der Waals surface area contributed by atoms with E-state index < -0.39 is 10.0 Å². The van der Waals surface area contributed by atoms with Crippen LogP contribution in [0.2, 0.25) is 5.02 Å². The fourth-order valence-corrected chi connectivity index (χ4v) is 3.45. The van der Waals surface area contributed by atoms with Gasteiger partial charge in [0.25, 0.3) is 0 Å². The van der Waals surface area contributed by atoms with Crippen LogP contribution in [0.4, 0.5) is 0 Å². The molecule has 1 rings (SSSR count). The first-order valence-electron chi connectivity index (χ1n) is 4.99. The molecule has 17 heavy (non-hydrogen) atoms. The number of hydrogen-bond donors (Lipinski definition) is 2. The van der Waals surface area contributed by atoms with Crippen molar-refractivity contribution in [2.45, 2.75) is 17.9 Å². The van der Waals surface area contributed by atoms with Gasteiger partial charge < -0.3 is 5.32 Å². The van der Waals surface area contributed by atoms with Gasteiger partial charge >= 0.3 is 0 Å². The minimum absolute atomic E-state index is 0.0581. The first-order valence-corrected chi connectivity index (χ1v) is 7.64. The molecule has 0 heterocycles. The van der Waals surface area contributed by atoms with E-state index >= 15 is 0 Å². The number of benzene rings is 1. The Morgan fingerprint density at radius 3 is 2.71 bits per heavy atom. The molecule has 1 atom stereocenters. The summed E-state index contributed by atoms with van der Waals surface area (Å²) in [5.74, 6) is 0. The monoisotopic (exact) mass is 340 g/mol. The molecule has 0 aliphatic heterocycles. The van der Waals surface area contributed by atoms with Gasteiger partial charge in [-0.05, 0) is 48.1 Å². The fraction of sp³-hybridized carbons (Fsp3) is 0.400. The average Bonchev–Trinajstić information content (AvgIpc) is 2.29. The third-order valence-corrected chi connectivity index (χ3v) is 4.91. The van der Waals surface area contributed by atoms with E-state index in [2.05, 4.69) is 26.0 Å². The summed E-state index contributed by atoms with van der Waals surface area (Å²) in [6.45, 7) is 2.20. The van der Waals surface area contributed by atoms with Gasteiger partial charge in [-0.25, -0.2) is 13.1 Å². The lowest BCUT2D eigenvalue weighted by Crippen LogP contribution is -2.37. The highest BCUT2D eigenvalue weighted by atomic mass is 79.9. The normalized spacial score (nSPS) is 13.6. The number of halogens is 2. The van der Waals surface area contributed by atoms with Crippen molar-refractivity contribution in [2.24, 2.45) is 0 Å². The Bertz CT molecular complexity index is 493. The summed E-state index contributed by atoms with van der Waals surface area (Å²) in [6.07, 6.45) is 0. The summed E-state index contributed by atoms with van der Waals surface area (Å²) in [5.41, 5.74) is 0. The maximum absolute atomic E-state index is 12.0. The van der Waals surface area contributed by atoms with Gasteiger partial charge in [0.05, 0.1) is 4.90 Å². The highest BCUT2D eigenvalue weighted by molar-refractivity contribution is 9.10. The maximum atomic E-state index is 12.0. The summed E-state index contributed by atoms with van der Waals surface area (Å²) in [7, 11) is -1.77. The molecule has 0 bridgehead atoms. The van der Waals surface area contributed by atoms with Gasteiger partial charge in [-0.1, -0.05) is 11.6 Å². The van der Waals surface area contributed by atoms with Crippen molar-refractivity contribution in [3.05, 3.63) is 27.7 Å². The largest absolute Gasteiger partial charge is 0.316 e. The summed E-state index contributed by atoms with van der Waals surface area (Å²) in [6, 6.07) is 4.71. The summed E-state index contributed by atoms with van der Waals surface area (Å²) in [4.78, 5) is 0.147. The van der Waals surface area contributed by atoms with Crippen LogP contribution in [0.3, 0.4) is 0 Å². The molecule has 0 aliphatic carbocycles. The number of likely N-dealkylation sites (N-methyl/N-ethyl adjacent to an activating group) is 1. The lowest BCUT2D eigenvalue weighted by molar-refractivity contribution is 0.554. The zero-order chi connectivity index (χ0) is 13.1. The van der Waals surface area contributed by atoms with Crippen LogP contribution in [0.1, 0.15) is 6.92 Å². The molecule has 0 fully saturated rings. The van der Waals surface area contributed by atoms with Gasteiger partial charge in [-0.15, -0.1) is 0 Å². The molecular formula is C10H14BrClN2O2S. The van der Waals surface area contributed by atoms with E-state index in [-0.39, 0.29) is 10.9 Å². The van der Waals surface area contributed by atoms with Gasteiger partial charge in [0.1, 0.15) is 0 Å². The Morgan fingerprint density at radius 1 is 1.47 bits per heavy atom.